The summed E-state index contributed by atoms with van der Waals surface area (Å²) >= 11 is 0.127. The molecule has 0 aromatic carbocycles. The summed E-state index contributed by atoms with van der Waals surface area (Å²) in [5.41, 5.74) is 0. The number of hydrogen-bond acceptors (Lipinski definition) is 0. The van der Waals surface area contributed by atoms with Gasteiger partial charge < -0.3 is 0 Å². The van der Waals surface area contributed by atoms with E-state index in [1.54, 1.807) is 30.1 Å². The van der Waals surface area contributed by atoms with Gasteiger partial charge in [0.25, 0.3) is 0 Å². The molecule has 0 unspecified atom stereocenters. The quantitative estimate of drug-likeness (QED) is 0.641. The molecule has 0 aliphatic heterocycles. The van der Waals surface area contributed by atoms with E-state index in [1.165, 1.54) is 10.4 Å². The van der Waals surface area contributed by atoms with Crippen LogP contribution in [0.4, 0.5) is 0 Å². The van der Waals surface area contributed by atoms with Crippen LogP contribution in [0.3, 0.4) is 0 Å². The molecular weight excluding hydrogens is 215 g/mol. The second-order valence-electron chi connectivity index (χ2n) is 2.89. The van der Waals surface area contributed by atoms with Crippen LogP contribution in [0.5, 0.6) is 0 Å². The molecule has 0 heterocycles. The van der Waals surface area contributed by atoms with Gasteiger partial charge in [0.2, 0.25) is 0 Å². The predicted molar refractivity (Wildman–Crippen MR) is 43.1 cm³/mol. The standard InChI is InChI=1S/C6H11.C2H5.Sn/c1-2-4-6-5-3-1;1-2;/h1H,2-6H2;1H2,2H3;. The van der Waals surface area contributed by atoms with E-state index in [1.807, 2.05) is 0 Å². The van der Waals surface area contributed by atoms with Gasteiger partial charge >= 0.3 is 68.5 Å². The Balaban J connectivity index is 2.08. The molecule has 9 heavy (non-hydrogen) atoms. The van der Waals surface area contributed by atoms with Gasteiger partial charge in [-0.3, -0.25) is 0 Å². The van der Waals surface area contributed by atoms with Crippen molar-refractivity contribution in [3.63, 3.8) is 0 Å². The molecule has 1 rings (SSSR count). The van der Waals surface area contributed by atoms with Gasteiger partial charge in [0.05, 0.1) is 0 Å². The van der Waals surface area contributed by atoms with Crippen LogP contribution in [-0.2, 0) is 0 Å². The predicted octanol–water partition coefficient (Wildman–Crippen LogP) is 2.88. The van der Waals surface area contributed by atoms with Crippen LogP contribution < -0.4 is 0 Å². The first-order chi connectivity index (χ1) is 4.43. The minimum atomic E-state index is 0.127. The first kappa shape index (κ1) is 7.90. The average Bonchev–Trinajstić information content (AvgIpc) is 1.91. The molecule has 0 N–H and O–H groups in total. The fourth-order valence-corrected chi connectivity index (χ4v) is 5.57. The summed E-state index contributed by atoms with van der Waals surface area (Å²) in [6.45, 7) is 2.38. The van der Waals surface area contributed by atoms with Gasteiger partial charge in [-0.05, 0) is 0 Å². The van der Waals surface area contributed by atoms with Crippen molar-refractivity contribution in [3.8, 4) is 0 Å². The molecule has 0 bridgehead atoms. The Morgan fingerprint density at radius 1 is 1.22 bits per heavy atom. The van der Waals surface area contributed by atoms with Crippen molar-refractivity contribution < 1.29 is 0 Å². The van der Waals surface area contributed by atoms with Crippen molar-refractivity contribution in [2.24, 2.45) is 0 Å². The number of hydrogen-bond donors (Lipinski definition) is 0. The Bertz CT molecular complexity index is 62.2. The van der Waals surface area contributed by atoms with Crippen LogP contribution in [-0.4, -0.2) is 21.1 Å². The zero-order valence-electron chi connectivity index (χ0n) is 6.32. The van der Waals surface area contributed by atoms with E-state index in [9.17, 15) is 0 Å². The molecule has 52 valence electrons. The molecule has 0 amide bonds. The van der Waals surface area contributed by atoms with Crippen molar-refractivity contribution >= 4 is 21.1 Å². The molecule has 0 atom stereocenters. The average molecular weight is 231 g/mol. The van der Waals surface area contributed by atoms with E-state index in [2.05, 4.69) is 6.92 Å². The molecule has 0 aromatic rings. The summed E-state index contributed by atoms with van der Waals surface area (Å²) in [6.07, 6.45) is 7.82. The molecule has 1 fully saturated rings. The fourth-order valence-electron chi connectivity index (χ4n) is 1.60. The summed E-state index contributed by atoms with van der Waals surface area (Å²) in [5, 5.41) is 0. The zero-order chi connectivity index (χ0) is 6.53. The van der Waals surface area contributed by atoms with E-state index in [0.29, 0.717) is 0 Å². The van der Waals surface area contributed by atoms with Gasteiger partial charge in [0.15, 0.2) is 0 Å². The maximum absolute atomic E-state index is 2.38. The maximum atomic E-state index is 2.38. The van der Waals surface area contributed by atoms with E-state index >= 15 is 0 Å². The van der Waals surface area contributed by atoms with Crippen LogP contribution in [0.25, 0.3) is 0 Å². The van der Waals surface area contributed by atoms with Gasteiger partial charge in [0, 0.05) is 0 Å². The van der Waals surface area contributed by atoms with E-state index in [-0.39, 0.29) is 21.1 Å². The first-order valence-corrected chi connectivity index (χ1v) is 7.83. The number of rotatable bonds is 2. The molecular formula is C8H16Sn. The Morgan fingerprint density at radius 3 is 2.44 bits per heavy atom. The van der Waals surface area contributed by atoms with Crippen molar-refractivity contribution in [1.29, 1.82) is 0 Å². The summed E-state index contributed by atoms with van der Waals surface area (Å²) in [4.78, 5) is 0. The van der Waals surface area contributed by atoms with Gasteiger partial charge in [-0.25, -0.2) is 0 Å². The van der Waals surface area contributed by atoms with Crippen LogP contribution in [0.1, 0.15) is 39.0 Å². The summed E-state index contributed by atoms with van der Waals surface area (Å²) in [6, 6.07) is 0. The van der Waals surface area contributed by atoms with Crippen LogP contribution >= 0.6 is 0 Å². The monoisotopic (exact) mass is 232 g/mol. The third-order valence-corrected chi connectivity index (χ3v) is 6.56. The van der Waals surface area contributed by atoms with Gasteiger partial charge in [-0.15, -0.1) is 0 Å². The van der Waals surface area contributed by atoms with Crippen LogP contribution in [0, 0.1) is 0 Å². The summed E-state index contributed by atoms with van der Waals surface area (Å²) in [7, 11) is 0. The van der Waals surface area contributed by atoms with Gasteiger partial charge in [-0.2, -0.15) is 0 Å². The van der Waals surface area contributed by atoms with E-state index < -0.39 is 0 Å². The van der Waals surface area contributed by atoms with E-state index in [0.717, 1.165) is 0 Å². The Labute approximate surface area is 68.6 Å². The fraction of sp³-hybridized carbons (Fsp3) is 1.00. The third-order valence-electron chi connectivity index (χ3n) is 2.10. The third kappa shape index (κ3) is 2.92. The molecule has 2 radical (unpaired) electrons. The van der Waals surface area contributed by atoms with Crippen molar-refractivity contribution in [2.45, 2.75) is 47.4 Å². The summed E-state index contributed by atoms with van der Waals surface area (Å²) in [5.74, 6) is 0. The zero-order valence-corrected chi connectivity index (χ0v) is 9.17. The molecule has 0 aromatic heterocycles. The van der Waals surface area contributed by atoms with Crippen LogP contribution in [0.2, 0.25) is 8.37 Å². The molecule has 0 spiro atoms. The van der Waals surface area contributed by atoms with Gasteiger partial charge in [-0.1, -0.05) is 0 Å². The normalized spacial score (nSPS) is 22.3. The second kappa shape index (κ2) is 4.59. The Morgan fingerprint density at radius 2 is 1.89 bits per heavy atom. The van der Waals surface area contributed by atoms with Gasteiger partial charge in [0.1, 0.15) is 0 Å². The molecule has 0 nitrogen and oxygen atoms in total. The Hall–Kier alpha value is 0.799. The molecule has 1 heteroatoms. The molecule has 0 saturated heterocycles. The van der Waals surface area contributed by atoms with E-state index in [4.69, 9.17) is 0 Å². The molecule has 1 saturated carbocycles. The SMILES string of the molecule is C[CH2][Sn][CH]1CCCCC1. The topological polar surface area (TPSA) is 0 Å². The van der Waals surface area contributed by atoms with Crippen molar-refractivity contribution in [1.82, 2.24) is 0 Å². The second-order valence-corrected chi connectivity index (χ2v) is 8.41. The first-order valence-electron chi connectivity index (χ1n) is 4.17. The van der Waals surface area contributed by atoms with Crippen LogP contribution in [0.15, 0.2) is 0 Å². The van der Waals surface area contributed by atoms with Crippen molar-refractivity contribution in [2.75, 3.05) is 0 Å². The molecule has 1 aliphatic carbocycles. The van der Waals surface area contributed by atoms with Crippen molar-refractivity contribution in [3.05, 3.63) is 0 Å². The molecule has 1 aliphatic rings. The Kier molecular flexibility index (Phi) is 4.03. The summed E-state index contributed by atoms with van der Waals surface area (Å²) < 4.78 is 2.83. The minimum absolute atomic E-state index is 0.127.